The van der Waals surface area contributed by atoms with E-state index < -0.39 is 28.7 Å². The molecule has 1 N–H and O–H groups in total. The Kier molecular flexibility index (Phi) is 9.74. The molecule has 218 valence electrons. The largest absolute Gasteiger partial charge is 0.465 e. The molecule has 3 aliphatic rings. The minimum atomic E-state index is -0.879. The molecule has 0 saturated carbocycles. The van der Waals surface area contributed by atoms with Crippen LogP contribution in [0.2, 0.25) is 5.02 Å². The molecule has 1 aromatic carbocycles. The Morgan fingerprint density at radius 2 is 2.00 bits per heavy atom. The summed E-state index contributed by atoms with van der Waals surface area (Å²) in [5, 5.41) is 10.8. The smallest absolute Gasteiger partial charge is 0.310 e. The number of hydrogen-bond donors (Lipinski definition) is 1. The van der Waals surface area contributed by atoms with E-state index in [9.17, 15) is 19.5 Å². The molecular weight excluding hydrogens is 548 g/mol. The molecule has 1 aromatic rings. The number of hydrogen-bond acceptors (Lipinski definition) is 6. The normalized spacial score (nSPS) is 29.4. The summed E-state index contributed by atoms with van der Waals surface area (Å²) in [6, 6.07) is 5.65. The van der Waals surface area contributed by atoms with Crippen LogP contribution in [0.15, 0.2) is 49.6 Å². The second kappa shape index (κ2) is 12.7. The molecule has 9 heteroatoms. The van der Waals surface area contributed by atoms with Crippen LogP contribution in [-0.2, 0) is 19.1 Å². The number of rotatable bonds is 13. The number of amides is 2. The number of halogens is 1. The Balaban J connectivity index is 1.77. The number of esters is 1. The molecule has 0 aromatic heterocycles. The number of nitrogens with zero attached hydrogens (tertiary/aromatic N) is 2. The maximum absolute atomic E-state index is 14.7. The molecule has 4 rings (SSSR count). The number of allylic oxidation sites excluding steroid dienone is 1. The fraction of sp³-hybridized carbons (Fsp3) is 0.581. The van der Waals surface area contributed by atoms with Gasteiger partial charge in [0.05, 0.1) is 46.5 Å². The lowest BCUT2D eigenvalue weighted by Crippen LogP contribution is -2.60. The third-order valence-electron chi connectivity index (χ3n) is 8.77. The summed E-state index contributed by atoms with van der Waals surface area (Å²) in [7, 11) is 0. The van der Waals surface area contributed by atoms with Crippen molar-refractivity contribution in [3.05, 3.63) is 54.6 Å². The van der Waals surface area contributed by atoms with E-state index in [1.165, 1.54) is 0 Å². The van der Waals surface area contributed by atoms with Crippen molar-refractivity contribution in [2.45, 2.75) is 68.5 Å². The van der Waals surface area contributed by atoms with Gasteiger partial charge in [-0.2, -0.15) is 0 Å². The second-order valence-electron chi connectivity index (χ2n) is 11.4. The summed E-state index contributed by atoms with van der Waals surface area (Å²) in [4.78, 5) is 45.8. The van der Waals surface area contributed by atoms with Gasteiger partial charge in [-0.1, -0.05) is 56.7 Å². The lowest BCUT2D eigenvalue weighted by atomic mass is 9.66. The molecule has 7 atom stereocenters. The topological polar surface area (TPSA) is 87.1 Å². The molecule has 2 bridgehead atoms. The van der Waals surface area contributed by atoms with E-state index in [4.69, 9.17) is 16.3 Å². The van der Waals surface area contributed by atoms with E-state index in [-0.39, 0.29) is 48.0 Å². The lowest BCUT2D eigenvalue weighted by Gasteiger charge is -2.42. The first-order valence-corrected chi connectivity index (χ1v) is 15.5. The monoisotopic (exact) mass is 588 g/mol. The highest BCUT2D eigenvalue weighted by molar-refractivity contribution is 8.02. The van der Waals surface area contributed by atoms with E-state index in [0.717, 1.165) is 19.3 Å². The van der Waals surface area contributed by atoms with Gasteiger partial charge in [0.15, 0.2) is 0 Å². The van der Waals surface area contributed by atoms with Crippen LogP contribution in [0, 0.1) is 23.7 Å². The molecule has 7 nitrogen and oxygen atoms in total. The third-order valence-corrected chi connectivity index (χ3v) is 11.2. The van der Waals surface area contributed by atoms with E-state index in [1.54, 1.807) is 45.8 Å². The summed E-state index contributed by atoms with van der Waals surface area (Å²) in [6.45, 7) is 13.7. The average Bonchev–Trinajstić information content (AvgIpc) is 3.51. The Morgan fingerprint density at radius 1 is 1.27 bits per heavy atom. The minimum absolute atomic E-state index is 0.00428. The maximum atomic E-state index is 14.7. The van der Waals surface area contributed by atoms with Gasteiger partial charge in [0.1, 0.15) is 6.04 Å². The Hall–Kier alpha value is -2.29. The van der Waals surface area contributed by atoms with Crippen molar-refractivity contribution in [1.82, 2.24) is 4.90 Å². The molecule has 3 saturated heterocycles. The van der Waals surface area contributed by atoms with Gasteiger partial charge in [0.2, 0.25) is 5.91 Å². The molecule has 0 radical (unpaired) electrons. The maximum Gasteiger partial charge on any atom is 0.310 e. The van der Waals surface area contributed by atoms with Crippen molar-refractivity contribution < 1.29 is 24.2 Å². The van der Waals surface area contributed by atoms with Gasteiger partial charge in [0, 0.05) is 11.8 Å². The predicted molar refractivity (Wildman–Crippen MR) is 160 cm³/mol. The van der Waals surface area contributed by atoms with E-state index >= 15 is 0 Å². The van der Waals surface area contributed by atoms with Gasteiger partial charge in [-0.15, -0.1) is 24.9 Å². The van der Waals surface area contributed by atoms with Crippen LogP contribution >= 0.6 is 23.4 Å². The average molecular weight is 589 g/mol. The first-order valence-electron chi connectivity index (χ1n) is 14.2. The van der Waals surface area contributed by atoms with Crippen molar-refractivity contribution in [3.8, 4) is 0 Å². The summed E-state index contributed by atoms with van der Waals surface area (Å²) in [6.07, 6.45) is 6.64. The Morgan fingerprint density at radius 3 is 2.62 bits per heavy atom. The zero-order valence-corrected chi connectivity index (χ0v) is 25.2. The summed E-state index contributed by atoms with van der Waals surface area (Å²) in [5.41, 5.74) is 0.534. The first-order chi connectivity index (χ1) is 19.1. The Bertz CT molecular complexity index is 1140. The molecule has 3 aliphatic heterocycles. The number of carbonyl (C=O) groups excluding carboxylic acids is 3. The number of carbonyl (C=O) groups is 3. The summed E-state index contributed by atoms with van der Waals surface area (Å²) < 4.78 is 4.89. The van der Waals surface area contributed by atoms with Gasteiger partial charge in [-0.25, -0.2) is 0 Å². The fourth-order valence-electron chi connectivity index (χ4n) is 6.90. The van der Waals surface area contributed by atoms with Gasteiger partial charge in [0.25, 0.3) is 5.91 Å². The number of anilines is 1. The third kappa shape index (κ3) is 5.12. The number of likely N-dealkylation sites (tertiary alicyclic amines) is 1. The molecule has 1 spiro atoms. The molecule has 3 fully saturated rings. The van der Waals surface area contributed by atoms with Crippen LogP contribution in [0.25, 0.3) is 0 Å². The standard InChI is InChI=1S/C31H41ClN2O5S/c1-6-8-9-12-16-39-30(38)25-24-17-20(5)31(40-24)26(25)28(36)34(23(18-35)19(3)4)27(31)29(37)33(15-7-2)22-14-11-10-13-21(22)32/h6-7,10-11,13-14,19-20,23-27,35H,1-2,8-9,12,15-18H2,3-5H3/t20?,23-,24+,25-,26-,27?,31?/m0/s1. The highest BCUT2D eigenvalue weighted by Gasteiger charge is 2.77. The van der Waals surface area contributed by atoms with Gasteiger partial charge < -0.3 is 19.6 Å². The molecular formula is C31H41ClN2O5S. The molecule has 3 unspecified atom stereocenters. The number of unbranched alkanes of at least 4 members (excludes halogenated alkanes) is 2. The second-order valence-corrected chi connectivity index (χ2v) is 13.4. The van der Waals surface area contributed by atoms with Crippen molar-refractivity contribution in [1.29, 1.82) is 0 Å². The Labute approximate surface area is 246 Å². The van der Waals surface area contributed by atoms with Crippen LogP contribution in [0.1, 0.15) is 46.5 Å². The van der Waals surface area contributed by atoms with Crippen LogP contribution in [0.3, 0.4) is 0 Å². The highest BCUT2D eigenvalue weighted by Crippen LogP contribution is 2.69. The number of benzene rings is 1. The molecule has 0 aliphatic carbocycles. The number of aliphatic hydroxyl groups is 1. The van der Waals surface area contributed by atoms with Gasteiger partial charge in [-0.05, 0) is 49.7 Å². The zero-order valence-electron chi connectivity index (χ0n) is 23.6. The number of thioether (sulfide) groups is 1. The SMILES string of the molecule is C=CCCCCOC(=O)[C@@H]1[C@H]2C(=O)N([C@@H](CO)C(C)C)C(C(=O)N(CC=C)c3ccccc3Cl)C23S[C@@H]1CC3C. The number of aliphatic hydroxyl groups excluding tert-OH is 1. The van der Waals surface area contributed by atoms with Crippen molar-refractivity contribution in [2.24, 2.45) is 23.7 Å². The van der Waals surface area contributed by atoms with Crippen LogP contribution in [0.5, 0.6) is 0 Å². The molecule has 2 amide bonds. The van der Waals surface area contributed by atoms with Gasteiger partial charge >= 0.3 is 5.97 Å². The molecule has 40 heavy (non-hydrogen) atoms. The van der Waals surface area contributed by atoms with E-state index in [2.05, 4.69) is 20.1 Å². The van der Waals surface area contributed by atoms with Crippen molar-refractivity contribution >= 4 is 46.8 Å². The number of para-hydroxylation sites is 1. The lowest BCUT2D eigenvalue weighted by molar-refractivity contribution is -0.155. The van der Waals surface area contributed by atoms with Crippen molar-refractivity contribution in [3.63, 3.8) is 0 Å². The van der Waals surface area contributed by atoms with Crippen LogP contribution in [0.4, 0.5) is 5.69 Å². The summed E-state index contributed by atoms with van der Waals surface area (Å²) in [5.74, 6) is -2.34. The fourth-order valence-corrected chi connectivity index (χ4v) is 9.53. The van der Waals surface area contributed by atoms with Crippen LogP contribution < -0.4 is 4.90 Å². The number of fused-ring (bicyclic) bond motifs is 1. The zero-order chi connectivity index (χ0) is 29.2. The predicted octanol–water partition coefficient (Wildman–Crippen LogP) is 5.11. The minimum Gasteiger partial charge on any atom is -0.465 e. The summed E-state index contributed by atoms with van der Waals surface area (Å²) >= 11 is 8.15. The van der Waals surface area contributed by atoms with Crippen LogP contribution in [-0.4, -0.2) is 69.6 Å². The highest BCUT2D eigenvalue weighted by atomic mass is 35.5. The quantitative estimate of drug-likeness (QED) is 0.196. The van der Waals surface area contributed by atoms with Crippen molar-refractivity contribution in [2.75, 3.05) is 24.7 Å². The number of ether oxygens (including phenoxy) is 1. The first kappa shape index (κ1) is 30.7. The van der Waals surface area contributed by atoms with E-state index in [0.29, 0.717) is 23.7 Å². The van der Waals surface area contributed by atoms with Gasteiger partial charge in [-0.3, -0.25) is 14.4 Å². The molecule has 3 heterocycles. The van der Waals surface area contributed by atoms with E-state index in [1.807, 2.05) is 26.0 Å².